The zero-order valence-corrected chi connectivity index (χ0v) is 19.0. The lowest BCUT2D eigenvalue weighted by molar-refractivity contribution is -0.129. The van der Waals surface area contributed by atoms with E-state index < -0.39 is 0 Å². The van der Waals surface area contributed by atoms with Crippen LogP contribution in [-0.2, 0) is 4.79 Å². The summed E-state index contributed by atoms with van der Waals surface area (Å²) in [6.45, 7) is 4.63. The Morgan fingerprint density at radius 1 is 1.06 bits per heavy atom. The molecule has 1 saturated heterocycles. The second-order valence-corrected chi connectivity index (χ2v) is 8.68. The highest BCUT2D eigenvalue weighted by atomic mass is 32.2. The molecule has 0 bridgehead atoms. The monoisotopic (exact) mass is 435 g/mol. The number of rotatable bonds is 4. The topological polar surface area (TPSA) is 65.8 Å². The van der Waals surface area contributed by atoms with E-state index in [0.29, 0.717) is 29.6 Å². The molecule has 1 atom stereocenters. The number of methoxy groups -OCH3 is 2. The van der Waals surface area contributed by atoms with E-state index in [1.165, 1.54) is 11.1 Å². The van der Waals surface area contributed by atoms with Crippen molar-refractivity contribution in [2.45, 2.75) is 26.2 Å². The van der Waals surface area contributed by atoms with Crippen molar-refractivity contribution in [3.8, 4) is 17.6 Å². The van der Waals surface area contributed by atoms with Gasteiger partial charge in [0.2, 0.25) is 5.91 Å². The minimum absolute atomic E-state index is 0.0230. The smallest absolute Gasteiger partial charge is 0.229 e. The molecule has 31 heavy (non-hydrogen) atoms. The molecule has 0 aromatic heterocycles. The van der Waals surface area contributed by atoms with Gasteiger partial charge >= 0.3 is 0 Å². The first kappa shape index (κ1) is 21.1. The first-order chi connectivity index (χ1) is 15.0. The fourth-order valence-corrected chi connectivity index (χ4v) is 5.17. The van der Waals surface area contributed by atoms with Crippen LogP contribution in [0.1, 0.15) is 29.0 Å². The Morgan fingerprint density at radius 2 is 1.84 bits per heavy atom. The van der Waals surface area contributed by atoms with Crippen LogP contribution in [0.25, 0.3) is 0 Å². The Balaban J connectivity index is 1.66. The maximum atomic E-state index is 13.1. The highest BCUT2D eigenvalue weighted by Gasteiger charge is 2.38. The number of carbonyl (C=O) groups is 1. The van der Waals surface area contributed by atoms with Gasteiger partial charge in [-0.25, -0.2) is 0 Å². The van der Waals surface area contributed by atoms with Crippen LogP contribution >= 0.6 is 11.8 Å². The van der Waals surface area contributed by atoms with Crippen molar-refractivity contribution in [2.24, 2.45) is 0 Å². The minimum atomic E-state index is -0.288. The second-order valence-electron chi connectivity index (χ2n) is 7.75. The van der Waals surface area contributed by atoms with Gasteiger partial charge in [0.25, 0.3) is 0 Å². The predicted molar refractivity (Wildman–Crippen MR) is 122 cm³/mol. The quantitative estimate of drug-likeness (QED) is 0.703. The van der Waals surface area contributed by atoms with Crippen LogP contribution in [0.4, 0.5) is 5.69 Å². The highest BCUT2D eigenvalue weighted by molar-refractivity contribution is 8.03. The van der Waals surface area contributed by atoms with Gasteiger partial charge in [0.15, 0.2) is 11.5 Å². The third-order valence-corrected chi connectivity index (χ3v) is 7.11. The van der Waals surface area contributed by atoms with Crippen LogP contribution in [0.3, 0.4) is 0 Å². The summed E-state index contributed by atoms with van der Waals surface area (Å²) >= 11 is 1.54. The summed E-state index contributed by atoms with van der Waals surface area (Å²) in [7, 11) is 3.17. The Bertz CT molecular complexity index is 1110. The van der Waals surface area contributed by atoms with E-state index in [9.17, 15) is 10.1 Å². The predicted octanol–water partition coefficient (Wildman–Crippen LogP) is 4.54. The number of benzene rings is 2. The van der Waals surface area contributed by atoms with Crippen molar-refractivity contribution in [2.75, 3.05) is 31.7 Å². The number of nitrogens with zero attached hydrogens (tertiary/aromatic N) is 3. The number of amides is 1. The molecule has 2 heterocycles. The molecule has 1 fully saturated rings. The van der Waals surface area contributed by atoms with E-state index in [4.69, 9.17) is 9.47 Å². The van der Waals surface area contributed by atoms with Gasteiger partial charge < -0.3 is 14.4 Å². The van der Waals surface area contributed by atoms with E-state index in [2.05, 4.69) is 43.0 Å². The molecule has 2 aliphatic heterocycles. The van der Waals surface area contributed by atoms with Gasteiger partial charge in [0.05, 0.1) is 43.4 Å². The highest BCUT2D eigenvalue weighted by Crippen LogP contribution is 2.44. The number of thioether (sulfide) groups is 1. The first-order valence-electron chi connectivity index (χ1n) is 10.1. The molecule has 2 aliphatic rings. The molecule has 0 spiro atoms. The number of hydrogen-bond donors (Lipinski definition) is 0. The summed E-state index contributed by atoms with van der Waals surface area (Å²) in [5.41, 5.74) is 5.07. The van der Waals surface area contributed by atoms with Gasteiger partial charge in [0, 0.05) is 18.0 Å². The van der Waals surface area contributed by atoms with E-state index in [1.807, 2.05) is 18.2 Å². The third-order valence-electron chi connectivity index (χ3n) is 5.96. The molecule has 160 valence electrons. The molecular formula is C24H25N3O3S. The fourth-order valence-electron chi connectivity index (χ4n) is 4.00. The zero-order valence-electron chi connectivity index (χ0n) is 18.1. The van der Waals surface area contributed by atoms with E-state index in [1.54, 1.807) is 30.9 Å². The molecule has 0 saturated carbocycles. The van der Waals surface area contributed by atoms with E-state index in [0.717, 1.165) is 16.3 Å². The number of fused-ring (bicyclic) bond motifs is 1. The van der Waals surface area contributed by atoms with Crippen LogP contribution in [0.15, 0.2) is 47.0 Å². The van der Waals surface area contributed by atoms with Crippen molar-refractivity contribution in [3.05, 3.63) is 63.7 Å². The lowest BCUT2D eigenvalue weighted by Crippen LogP contribution is -2.47. The Hall–Kier alpha value is -3.11. The SMILES string of the molecule is COc1ccc(C2CC(=O)N3CN(c4ccc(C)c(C)c4)CSC3=C2C#N)cc1OC. The molecule has 7 heteroatoms. The molecule has 2 aromatic carbocycles. The maximum Gasteiger partial charge on any atom is 0.229 e. The van der Waals surface area contributed by atoms with Crippen LogP contribution in [0.5, 0.6) is 11.5 Å². The summed E-state index contributed by atoms with van der Waals surface area (Å²) in [6, 6.07) is 14.3. The summed E-state index contributed by atoms with van der Waals surface area (Å²) in [6.07, 6.45) is 0.253. The standard InChI is InChI=1S/C24H25N3O3S/c1-15-5-7-18(9-16(15)2)26-13-27-23(28)11-19(20(12-25)24(27)31-14-26)17-6-8-21(29-3)22(10-17)30-4/h5-10,19H,11,13-14H2,1-4H3. The summed E-state index contributed by atoms with van der Waals surface area (Å²) < 4.78 is 10.7. The molecule has 2 aromatic rings. The molecule has 4 rings (SSSR count). The Morgan fingerprint density at radius 3 is 2.52 bits per heavy atom. The van der Waals surface area contributed by atoms with Crippen LogP contribution in [-0.4, -0.2) is 37.6 Å². The van der Waals surface area contributed by atoms with Gasteiger partial charge in [-0.15, -0.1) is 0 Å². The normalized spacial score (nSPS) is 18.5. The lowest BCUT2D eigenvalue weighted by atomic mass is 9.86. The van der Waals surface area contributed by atoms with Crippen molar-refractivity contribution in [3.63, 3.8) is 0 Å². The molecule has 6 nitrogen and oxygen atoms in total. The van der Waals surface area contributed by atoms with Crippen molar-refractivity contribution < 1.29 is 14.3 Å². The maximum absolute atomic E-state index is 13.1. The lowest BCUT2D eigenvalue weighted by Gasteiger charge is -2.42. The van der Waals surface area contributed by atoms with Gasteiger partial charge in [-0.1, -0.05) is 23.9 Å². The number of aryl methyl sites for hydroxylation is 2. The average Bonchev–Trinajstić information content (AvgIpc) is 2.80. The molecular weight excluding hydrogens is 410 g/mol. The summed E-state index contributed by atoms with van der Waals surface area (Å²) in [5, 5.41) is 10.8. The minimum Gasteiger partial charge on any atom is -0.493 e. The third kappa shape index (κ3) is 3.84. The van der Waals surface area contributed by atoms with E-state index >= 15 is 0 Å². The van der Waals surface area contributed by atoms with Gasteiger partial charge in [0.1, 0.15) is 0 Å². The molecule has 0 aliphatic carbocycles. The number of nitriles is 1. The number of hydrogen-bond acceptors (Lipinski definition) is 6. The first-order valence-corrected chi connectivity index (χ1v) is 11.1. The Labute approximate surface area is 187 Å². The van der Waals surface area contributed by atoms with Crippen molar-refractivity contribution in [1.29, 1.82) is 5.26 Å². The summed E-state index contributed by atoms with van der Waals surface area (Å²) in [4.78, 5) is 17.1. The zero-order chi connectivity index (χ0) is 22.1. The van der Waals surface area contributed by atoms with Crippen LogP contribution in [0, 0.1) is 25.2 Å². The number of anilines is 1. The van der Waals surface area contributed by atoms with Gasteiger partial charge in [-0.3, -0.25) is 9.69 Å². The largest absolute Gasteiger partial charge is 0.493 e. The summed E-state index contributed by atoms with van der Waals surface area (Å²) in [5.74, 6) is 1.64. The molecule has 0 radical (unpaired) electrons. The van der Waals surface area contributed by atoms with Gasteiger partial charge in [-0.05, 0) is 54.8 Å². The fraction of sp³-hybridized carbons (Fsp3) is 0.333. The van der Waals surface area contributed by atoms with E-state index in [-0.39, 0.29) is 18.2 Å². The number of allylic oxidation sites excluding steroid dienone is 1. The Kier molecular flexibility index (Phi) is 5.84. The molecule has 1 amide bonds. The van der Waals surface area contributed by atoms with Crippen LogP contribution < -0.4 is 14.4 Å². The molecule has 1 unspecified atom stereocenters. The van der Waals surface area contributed by atoms with Crippen molar-refractivity contribution >= 4 is 23.4 Å². The number of ether oxygens (including phenoxy) is 2. The van der Waals surface area contributed by atoms with Crippen molar-refractivity contribution in [1.82, 2.24) is 4.90 Å². The van der Waals surface area contributed by atoms with Gasteiger partial charge in [-0.2, -0.15) is 5.26 Å². The molecule has 0 N–H and O–H groups in total. The van der Waals surface area contributed by atoms with Crippen LogP contribution in [0.2, 0.25) is 0 Å². The average molecular weight is 436 g/mol. The number of carbonyl (C=O) groups excluding carboxylic acids is 1. The second kappa shape index (κ2) is 8.56.